The Morgan fingerprint density at radius 2 is 2.50 bits per heavy atom. The molecular weight excluding hydrogens is 274 g/mol. The van der Waals surface area contributed by atoms with Crippen LogP contribution >= 0.6 is 11.3 Å². The first-order chi connectivity index (χ1) is 9.72. The number of nitrogens with one attached hydrogen (secondary N) is 1. The fourth-order valence-corrected chi connectivity index (χ4v) is 3.35. The Bertz CT molecular complexity index is 579. The maximum Gasteiger partial charge on any atom is 0.239 e. The molecule has 20 heavy (non-hydrogen) atoms. The van der Waals surface area contributed by atoms with Crippen LogP contribution in [-0.2, 0) is 11.8 Å². The maximum absolute atomic E-state index is 12.1. The largest absolute Gasteiger partial charge is 0.308 e. The predicted octanol–water partition coefficient (Wildman–Crippen LogP) is 1.65. The van der Waals surface area contributed by atoms with Crippen molar-refractivity contribution < 1.29 is 4.79 Å². The molecule has 0 radical (unpaired) electrons. The van der Waals surface area contributed by atoms with Gasteiger partial charge in [0.15, 0.2) is 5.82 Å². The first-order valence-electron chi connectivity index (χ1n) is 6.65. The van der Waals surface area contributed by atoms with Crippen LogP contribution in [0.1, 0.15) is 23.9 Å². The van der Waals surface area contributed by atoms with Crippen molar-refractivity contribution in [3.05, 3.63) is 28.8 Å². The van der Waals surface area contributed by atoms with E-state index < -0.39 is 0 Å². The van der Waals surface area contributed by atoms with Crippen LogP contribution in [0.5, 0.6) is 0 Å². The number of amides is 1. The number of thiazole rings is 1. The van der Waals surface area contributed by atoms with Gasteiger partial charge in [-0.2, -0.15) is 5.10 Å². The summed E-state index contributed by atoms with van der Waals surface area (Å²) < 4.78 is 1.67. The lowest BCUT2D eigenvalue weighted by atomic mass is 10.2. The molecule has 1 aliphatic heterocycles. The van der Waals surface area contributed by atoms with Crippen LogP contribution in [0, 0.1) is 0 Å². The van der Waals surface area contributed by atoms with Crippen molar-refractivity contribution in [2.75, 3.05) is 18.4 Å². The number of carbonyl (C=O) groups is 1. The molecule has 1 saturated heterocycles. The number of rotatable bonds is 4. The molecule has 1 fully saturated rings. The molecule has 1 N–H and O–H groups in total. The zero-order valence-corrected chi connectivity index (χ0v) is 12.1. The van der Waals surface area contributed by atoms with Gasteiger partial charge in [-0.3, -0.25) is 14.4 Å². The molecule has 106 valence electrons. The number of nitrogens with zero attached hydrogens (tertiary/aromatic N) is 4. The Hall–Kier alpha value is -1.73. The first-order valence-corrected chi connectivity index (χ1v) is 7.53. The highest BCUT2D eigenvalue weighted by Crippen LogP contribution is 2.32. The van der Waals surface area contributed by atoms with Crippen molar-refractivity contribution in [1.29, 1.82) is 0 Å². The highest BCUT2D eigenvalue weighted by atomic mass is 32.1. The average molecular weight is 291 g/mol. The summed E-state index contributed by atoms with van der Waals surface area (Å²) in [6.07, 6.45) is 5.82. The fourth-order valence-electron chi connectivity index (χ4n) is 2.54. The minimum Gasteiger partial charge on any atom is -0.308 e. The lowest BCUT2D eigenvalue weighted by molar-refractivity contribution is -0.117. The molecule has 3 rings (SSSR count). The van der Waals surface area contributed by atoms with Gasteiger partial charge < -0.3 is 5.32 Å². The van der Waals surface area contributed by atoms with E-state index in [1.807, 2.05) is 24.8 Å². The highest BCUT2D eigenvalue weighted by Gasteiger charge is 2.29. The summed E-state index contributed by atoms with van der Waals surface area (Å²) in [6, 6.07) is 2.07. The third-order valence-electron chi connectivity index (χ3n) is 3.43. The van der Waals surface area contributed by atoms with Crippen molar-refractivity contribution in [3.63, 3.8) is 0 Å². The summed E-state index contributed by atoms with van der Waals surface area (Å²) in [5, 5.41) is 10.1. The Labute approximate surface area is 121 Å². The van der Waals surface area contributed by atoms with E-state index in [4.69, 9.17) is 0 Å². The number of hydrogen-bond acceptors (Lipinski definition) is 5. The van der Waals surface area contributed by atoms with Crippen LogP contribution in [0.3, 0.4) is 0 Å². The second-order valence-electron chi connectivity index (χ2n) is 4.92. The number of hydrogen-bond donors (Lipinski definition) is 1. The van der Waals surface area contributed by atoms with Gasteiger partial charge in [0.05, 0.1) is 12.6 Å². The Morgan fingerprint density at radius 3 is 3.20 bits per heavy atom. The summed E-state index contributed by atoms with van der Waals surface area (Å²) in [5.41, 5.74) is 0. The highest BCUT2D eigenvalue weighted by molar-refractivity contribution is 7.09. The van der Waals surface area contributed by atoms with E-state index in [9.17, 15) is 4.79 Å². The molecule has 0 saturated carbocycles. The minimum absolute atomic E-state index is 0.0212. The van der Waals surface area contributed by atoms with Gasteiger partial charge in [-0.25, -0.2) is 4.98 Å². The molecule has 0 aromatic carbocycles. The quantitative estimate of drug-likeness (QED) is 0.930. The van der Waals surface area contributed by atoms with Gasteiger partial charge in [0.1, 0.15) is 5.01 Å². The van der Waals surface area contributed by atoms with E-state index in [-0.39, 0.29) is 11.9 Å². The summed E-state index contributed by atoms with van der Waals surface area (Å²) in [7, 11) is 1.83. The van der Waals surface area contributed by atoms with Crippen molar-refractivity contribution in [3.8, 4) is 0 Å². The summed E-state index contributed by atoms with van der Waals surface area (Å²) >= 11 is 1.66. The second kappa shape index (κ2) is 5.72. The lowest BCUT2D eigenvalue weighted by Crippen LogP contribution is -2.33. The summed E-state index contributed by atoms with van der Waals surface area (Å²) in [5.74, 6) is 0.578. The molecule has 0 spiro atoms. The Kier molecular flexibility index (Phi) is 3.79. The third kappa shape index (κ3) is 2.88. The standard InChI is InChI=1S/C13H17N5OS/c1-17-7-4-11(16-17)15-12(19)9-18-6-2-3-10(18)13-14-5-8-20-13/h4-5,7-8,10H,2-3,6,9H2,1H3,(H,15,16,19)/t10-/m0/s1. The predicted molar refractivity (Wildman–Crippen MR) is 77.5 cm³/mol. The van der Waals surface area contributed by atoms with Gasteiger partial charge in [-0.05, 0) is 19.4 Å². The van der Waals surface area contributed by atoms with Gasteiger partial charge in [0.2, 0.25) is 5.91 Å². The van der Waals surface area contributed by atoms with Crippen LogP contribution in [0.15, 0.2) is 23.8 Å². The zero-order valence-electron chi connectivity index (χ0n) is 11.3. The van der Waals surface area contributed by atoms with Crippen LogP contribution < -0.4 is 5.32 Å². The average Bonchev–Trinajstić information content (AvgIpc) is 3.10. The van der Waals surface area contributed by atoms with Crippen LogP contribution in [0.25, 0.3) is 0 Å². The van der Waals surface area contributed by atoms with Crippen molar-refractivity contribution in [2.45, 2.75) is 18.9 Å². The van der Waals surface area contributed by atoms with Crippen LogP contribution in [-0.4, -0.2) is 38.7 Å². The summed E-state index contributed by atoms with van der Waals surface area (Å²) in [4.78, 5) is 18.6. The van der Waals surface area contributed by atoms with Crippen molar-refractivity contribution in [1.82, 2.24) is 19.7 Å². The molecule has 3 heterocycles. The normalized spacial score (nSPS) is 19.4. The number of anilines is 1. The molecule has 6 nitrogen and oxygen atoms in total. The third-order valence-corrected chi connectivity index (χ3v) is 4.30. The van der Waals surface area contributed by atoms with Crippen LogP contribution in [0.2, 0.25) is 0 Å². The van der Waals surface area contributed by atoms with E-state index in [1.54, 1.807) is 22.1 Å². The zero-order chi connectivity index (χ0) is 13.9. The monoisotopic (exact) mass is 291 g/mol. The molecule has 1 aliphatic rings. The number of aromatic nitrogens is 3. The van der Waals surface area contributed by atoms with Gasteiger partial charge >= 0.3 is 0 Å². The van der Waals surface area contributed by atoms with Crippen molar-refractivity contribution >= 4 is 23.1 Å². The molecule has 0 aliphatic carbocycles. The second-order valence-corrected chi connectivity index (χ2v) is 5.85. The van der Waals surface area contributed by atoms with E-state index in [1.165, 1.54) is 0 Å². The van der Waals surface area contributed by atoms with Gasteiger partial charge in [-0.1, -0.05) is 0 Å². The van der Waals surface area contributed by atoms with Crippen LogP contribution in [0.4, 0.5) is 5.82 Å². The maximum atomic E-state index is 12.1. The summed E-state index contributed by atoms with van der Waals surface area (Å²) in [6.45, 7) is 1.33. The van der Waals surface area contributed by atoms with Gasteiger partial charge in [-0.15, -0.1) is 11.3 Å². The van der Waals surface area contributed by atoms with E-state index >= 15 is 0 Å². The Morgan fingerprint density at radius 1 is 1.60 bits per heavy atom. The molecule has 1 atom stereocenters. The van der Waals surface area contributed by atoms with Gasteiger partial charge in [0.25, 0.3) is 0 Å². The van der Waals surface area contributed by atoms with E-state index in [2.05, 4.69) is 20.3 Å². The smallest absolute Gasteiger partial charge is 0.239 e. The number of likely N-dealkylation sites (tertiary alicyclic amines) is 1. The fraction of sp³-hybridized carbons (Fsp3) is 0.462. The molecule has 2 aromatic rings. The lowest BCUT2D eigenvalue weighted by Gasteiger charge is -2.21. The molecule has 7 heteroatoms. The minimum atomic E-state index is -0.0212. The molecule has 1 amide bonds. The molecule has 2 aromatic heterocycles. The van der Waals surface area contributed by atoms with Gasteiger partial charge in [0, 0.05) is 30.9 Å². The molecule has 0 bridgehead atoms. The topological polar surface area (TPSA) is 63.1 Å². The molecular formula is C13H17N5OS. The first kappa shape index (κ1) is 13.3. The van der Waals surface area contributed by atoms with Crippen molar-refractivity contribution in [2.24, 2.45) is 7.05 Å². The number of carbonyl (C=O) groups excluding carboxylic acids is 1. The van der Waals surface area contributed by atoms with E-state index in [0.29, 0.717) is 12.4 Å². The molecule has 0 unspecified atom stereocenters. The number of aryl methyl sites for hydroxylation is 1. The SMILES string of the molecule is Cn1ccc(NC(=O)CN2CCC[C@H]2c2nccs2)n1. The Balaban J connectivity index is 1.60. The van der Waals surface area contributed by atoms with E-state index in [0.717, 1.165) is 24.4 Å².